The summed E-state index contributed by atoms with van der Waals surface area (Å²) in [5.74, 6) is -3.97. The molecule has 34 heavy (non-hydrogen) atoms. The number of esters is 1. The van der Waals surface area contributed by atoms with E-state index >= 15 is 0 Å². The molecule has 3 N–H and O–H groups in total. The summed E-state index contributed by atoms with van der Waals surface area (Å²) in [7, 11) is 0. The Morgan fingerprint density at radius 1 is 1.15 bits per heavy atom. The monoisotopic (exact) mass is 487 g/mol. The Morgan fingerprint density at radius 3 is 2.41 bits per heavy atom. The summed E-state index contributed by atoms with van der Waals surface area (Å²) in [5, 5.41) is 9.32. The smallest absolute Gasteiger partial charge is 0.479 e. The zero-order valence-electron chi connectivity index (χ0n) is 20.6. The van der Waals surface area contributed by atoms with Crippen molar-refractivity contribution in [3.8, 4) is 0 Å². The van der Waals surface area contributed by atoms with Crippen LogP contribution >= 0.6 is 0 Å². The lowest BCUT2D eigenvalue weighted by molar-refractivity contribution is -0.183. The number of fused-ring (bicyclic) bond motifs is 1. The van der Waals surface area contributed by atoms with Gasteiger partial charge in [-0.05, 0) is 43.4 Å². The zero-order chi connectivity index (χ0) is 25.4. The number of carboxylic acids is 1. The maximum atomic E-state index is 15.0. The van der Waals surface area contributed by atoms with E-state index in [9.17, 15) is 23.9 Å². The van der Waals surface area contributed by atoms with Crippen molar-refractivity contribution in [1.82, 2.24) is 0 Å². The minimum Gasteiger partial charge on any atom is -0.479 e. The molecule has 9 atom stereocenters. The summed E-state index contributed by atoms with van der Waals surface area (Å²) in [6.07, 6.45) is -0.132. The van der Waals surface area contributed by atoms with E-state index in [0.717, 1.165) is 19.3 Å². The van der Waals surface area contributed by atoms with Crippen molar-refractivity contribution in [2.75, 3.05) is 6.61 Å². The van der Waals surface area contributed by atoms with Gasteiger partial charge in [-0.3, -0.25) is 0 Å². The highest BCUT2D eigenvalue weighted by Gasteiger charge is 2.85. The molecule has 0 aromatic carbocycles. The van der Waals surface area contributed by atoms with Crippen LogP contribution in [0.1, 0.15) is 66.7 Å². The summed E-state index contributed by atoms with van der Waals surface area (Å²) in [6, 6.07) is 0. The quantitative estimate of drug-likeness (QED) is 0.370. The second-order valence-electron chi connectivity index (χ2n) is 10.5. The Hall–Kier alpha value is -1.94. The molecule has 3 aliphatic rings. The Kier molecular flexibility index (Phi) is 7.82. The highest BCUT2D eigenvalue weighted by molar-refractivity contribution is 5.91. The number of aliphatic carboxylic acids is 1. The van der Waals surface area contributed by atoms with Gasteiger partial charge in [0.25, 0.3) is 0 Å². The van der Waals surface area contributed by atoms with E-state index in [1.807, 2.05) is 6.92 Å². The van der Waals surface area contributed by atoms with Gasteiger partial charge in [0.15, 0.2) is 0 Å². The normalized spacial score (nSPS) is 39.8. The van der Waals surface area contributed by atoms with Crippen LogP contribution < -0.4 is 5.73 Å². The first kappa shape index (κ1) is 26.7. The molecule has 3 saturated carbocycles. The van der Waals surface area contributed by atoms with E-state index in [1.54, 1.807) is 0 Å². The van der Waals surface area contributed by atoms with Crippen LogP contribution in [0.5, 0.6) is 0 Å². The molecule has 3 aliphatic carbocycles. The number of ether oxygens (including phenoxy) is 4. The molecule has 0 radical (unpaired) electrons. The van der Waals surface area contributed by atoms with Crippen LogP contribution in [0, 0.1) is 29.6 Å². The van der Waals surface area contributed by atoms with Gasteiger partial charge in [-0.1, -0.05) is 34.1 Å². The van der Waals surface area contributed by atoms with E-state index < -0.39 is 53.5 Å². The topological polar surface area (TPSA) is 134 Å². The van der Waals surface area contributed by atoms with Crippen LogP contribution in [0.15, 0.2) is 0 Å². The van der Waals surface area contributed by atoms with Gasteiger partial charge in [-0.2, -0.15) is 0 Å². The third kappa shape index (κ3) is 4.76. The van der Waals surface area contributed by atoms with Crippen molar-refractivity contribution >= 4 is 18.1 Å². The lowest BCUT2D eigenvalue weighted by Gasteiger charge is -2.36. The SMILES string of the molecule is CCCO[C@@H]1C[C@@H]2[C@H]([C@]1(N)C(=O)O[C@H](C)OC(=O)O[C@@H]1C[C@H](C)CCC1C(C)C)[C@@]2(F)C(=O)O. The molecule has 0 aromatic rings. The summed E-state index contributed by atoms with van der Waals surface area (Å²) >= 11 is 0. The van der Waals surface area contributed by atoms with Crippen LogP contribution in [-0.4, -0.2) is 59.5 Å². The number of rotatable bonds is 9. The van der Waals surface area contributed by atoms with Crippen LogP contribution in [0.2, 0.25) is 0 Å². The molecule has 10 heteroatoms. The molecule has 9 nitrogen and oxygen atoms in total. The second-order valence-corrected chi connectivity index (χ2v) is 10.5. The fourth-order valence-corrected chi connectivity index (χ4v) is 5.87. The first-order valence-corrected chi connectivity index (χ1v) is 12.3. The molecule has 0 aromatic heterocycles. The molecule has 0 amide bonds. The number of carboxylic acid groups (broad SMARTS) is 1. The van der Waals surface area contributed by atoms with Crippen molar-refractivity contribution in [2.45, 2.75) is 96.4 Å². The fourth-order valence-electron chi connectivity index (χ4n) is 5.87. The predicted molar refractivity (Wildman–Crippen MR) is 118 cm³/mol. The van der Waals surface area contributed by atoms with Crippen molar-refractivity contribution in [3.05, 3.63) is 0 Å². The largest absolute Gasteiger partial charge is 0.511 e. The molecule has 0 bridgehead atoms. The number of halogens is 1. The zero-order valence-corrected chi connectivity index (χ0v) is 20.6. The first-order chi connectivity index (χ1) is 15.9. The Labute approximate surface area is 199 Å². The van der Waals surface area contributed by atoms with Gasteiger partial charge in [0.05, 0.1) is 6.10 Å². The number of hydrogen-bond acceptors (Lipinski definition) is 8. The molecular formula is C24H38FNO8. The number of hydrogen-bond donors (Lipinski definition) is 2. The molecule has 0 aliphatic heterocycles. The number of carbonyl (C=O) groups excluding carboxylic acids is 2. The second kappa shape index (κ2) is 9.97. The molecular weight excluding hydrogens is 449 g/mol. The maximum Gasteiger partial charge on any atom is 0.511 e. The van der Waals surface area contributed by atoms with Crippen LogP contribution in [0.3, 0.4) is 0 Å². The summed E-state index contributed by atoms with van der Waals surface area (Å²) in [6.45, 7) is 9.74. The van der Waals surface area contributed by atoms with Crippen LogP contribution in [0.25, 0.3) is 0 Å². The lowest BCUT2D eigenvalue weighted by atomic mass is 9.75. The van der Waals surface area contributed by atoms with Crippen molar-refractivity contribution in [3.63, 3.8) is 0 Å². The standard InChI is InChI=1S/C24H38FNO8/c1-6-9-31-18-11-16-19(23(16,25)20(27)28)24(18,26)21(29)32-14(5)33-22(30)34-17-10-13(4)7-8-15(17)12(2)3/h12-19H,6-11,26H2,1-5H3,(H,27,28)/t13-,14+,15?,16-,17-,18-,19+,23-,24+/m1/s1. The Bertz CT molecular complexity index is 793. The first-order valence-electron chi connectivity index (χ1n) is 12.3. The molecule has 0 saturated heterocycles. The molecule has 0 spiro atoms. The summed E-state index contributed by atoms with van der Waals surface area (Å²) in [5.41, 5.74) is 1.70. The van der Waals surface area contributed by atoms with Crippen molar-refractivity contribution < 1.29 is 42.8 Å². The highest BCUT2D eigenvalue weighted by Crippen LogP contribution is 2.67. The van der Waals surface area contributed by atoms with Gasteiger partial charge in [-0.15, -0.1) is 0 Å². The molecule has 1 unspecified atom stereocenters. The van der Waals surface area contributed by atoms with Crippen molar-refractivity contribution in [2.24, 2.45) is 35.3 Å². The number of nitrogens with two attached hydrogens (primary N) is 1. The molecule has 3 rings (SSSR count). The highest BCUT2D eigenvalue weighted by atomic mass is 19.1. The van der Waals surface area contributed by atoms with Gasteiger partial charge < -0.3 is 29.8 Å². The van der Waals surface area contributed by atoms with Crippen LogP contribution in [0.4, 0.5) is 9.18 Å². The lowest BCUT2D eigenvalue weighted by Crippen LogP contribution is -2.61. The number of alkyl halides is 1. The van der Waals surface area contributed by atoms with Crippen molar-refractivity contribution in [1.29, 1.82) is 0 Å². The Morgan fingerprint density at radius 2 is 1.82 bits per heavy atom. The number of carbonyl (C=O) groups is 3. The maximum absolute atomic E-state index is 15.0. The third-order valence-corrected chi connectivity index (χ3v) is 7.75. The van der Waals surface area contributed by atoms with Crippen LogP contribution in [-0.2, 0) is 28.5 Å². The van der Waals surface area contributed by atoms with Gasteiger partial charge in [0, 0.05) is 25.4 Å². The molecule has 194 valence electrons. The predicted octanol–water partition coefficient (Wildman–Crippen LogP) is 3.42. The van der Waals surface area contributed by atoms with E-state index in [4.69, 9.17) is 24.7 Å². The van der Waals surface area contributed by atoms with E-state index in [0.29, 0.717) is 18.3 Å². The fraction of sp³-hybridized carbons (Fsp3) is 0.875. The minimum atomic E-state index is -2.60. The van der Waals surface area contributed by atoms with Gasteiger partial charge in [-0.25, -0.2) is 18.8 Å². The average Bonchev–Trinajstić information content (AvgIpc) is 3.21. The summed E-state index contributed by atoms with van der Waals surface area (Å²) in [4.78, 5) is 36.9. The summed E-state index contributed by atoms with van der Waals surface area (Å²) < 4.78 is 36.6. The van der Waals surface area contributed by atoms with E-state index in [1.165, 1.54) is 6.92 Å². The minimum absolute atomic E-state index is 0.00714. The molecule has 3 fully saturated rings. The van der Waals surface area contributed by atoms with Gasteiger partial charge in [0.1, 0.15) is 11.6 Å². The third-order valence-electron chi connectivity index (χ3n) is 7.75. The van der Waals surface area contributed by atoms with E-state index in [-0.39, 0.29) is 25.0 Å². The Balaban J connectivity index is 1.63. The van der Waals surface area contributed by atoms with E-state index in [2.05, 4.69) is 20.8 Å². The average molecular weight is 488 g/mol. The van der Waals surface area contributed by atoms with Gasteiger partial charge >= 0.3 is 18.1 Å². The van der Waals surface area contributed by atoms with Gasteiger partial charge in [0.2, 0.25) is 12.0 Å². The molecule has 0 heterocycles.